The van der Waals surface area contributed by atoms with E-state index in [4.69, 9.17) is 19.4 Å². The molecule has 282 valence electrons. The van der Waals surface area contributed by atoms with E-state index in [0.717, 1.165) is 72.0 Å². The lowest BCUT2D eigenvalue weighted by atomic mass is 10.00. The van der Waals surface area contributed by atoms with Crippen LogP contribution in [0.5, 0.6) is 0 Å². The third kappa shape index (κ3) is 6.35. The number of rotatable bonds is 8. The summed E-state index contributed by atoms with van der Waals surface area (Å²) in [5.74, 6) is 1.74. The third-order valence-electron chi connectivity index (χ3n) is 11.1. The van der Waals surface area contributed by atoms with Gasteiger partial charge in [-0.15, -0.1) is 0 Å². The summed E-state index contributed by atoms with van der Waals surface area (Å²) in [6.45, 7) is 0. The highest BCUT2D eigenvalue weighted by Gasteiger charge is 2.25. The summed E-state index contributed by atoms with van der Waals surface area (Å²) in [6, 6.07) is 75.8. The van der Waals surface area contributed by atoms with Crippen molar-refractivity contribution < 1.29 is 4.42 Å². The van der Waals surface area contributed by atoms with E-state index in [1.54, 1.807) is 0 Å². The van der Waals surface area contributed by atoms with Gasteiger partial charge in [0.15, 0.2) is 23.1 Å². The monoisotopic (exact) mass is 768 g/mol. The topological polar surface area (TPSA) is 55.1 Å². The zero-order chi connectivity index (χ0) is 39.8. The smallest absolute Gasteiger partial charge is 0.167 e. The van der Waals surface area contributed by atoms with Crippen LogP contribution >= 0.6 is 0 Å². The zero-order valence-electron chi connectivity index (χ0n) is 32.5. The first-order valence-corrected chi connectivity index (χ1v) is 20.1. The lowest BCUT2D eigenvalue weighted by molar-refractivity contribution is 0.670. The Hall–Kier alpha value is -8.15. The Balaban J connectivity index is 1.15. The number of fused-ring (bicyclic) bond motifs is 4. The lowest BCUT2D eigenvalue weighted by Crippen LogP contribution is -2.11. The van der Waals surface area contributed by atoms with Gasteiger partial charge in [0.05, 0.1) is 11.3 Å². The minimum absolute atomic E-state index is 0.545. The van der Waals surface area contributed by atoms with Crippen LogP contribution in [0.2, 0.25) is 0 Å². The number of aromatic nitrogens is 3. The SMILES string of the molecule is c1ccc(-c2ccc(N(c3ccc(-c4ccccc4)cc3)c3c4ccccc4cc4c3oc3c(-c5nc(-c6ccccc6)nc(-c6ccccc6)n5)cccc34)cc2)cc1. The normalized spacial score (nSPS) is 11.3. The fourth-order valence-electron chi connectivity index (χ4n) is 8.18. The summed E-state index contributed by atoms with van der Waals surface area (Å²) >= 11 is 0. The maximum Gasteiger partial charge on any atom is 0.167 e. The van der Waals surface area contributed by atoms with Gasteiger partial charge in [-0.1, -0.05) is 182 Å². The molecule has 0 fully saturated rings. The van der Waals surface area contributed by atoms with Crippen molar-refractivity contribution in [3.05, 3.63) is 218 Å². The van der Waals surface area contributed by atoms with E-state index in [1.807, 2.05) is 66.7 Å². The quantitative estimate of drug-likeness (QED) is 0.154. The van der Waals surface area contributed by atoms with Gasteiger partial charge in [0.25, 0.3) is 0 Å². The van der Waals surface area contributed by atoms with Crippen LogP contribution in [0.15, 0.2) is 223 Å². The Morgan fingerprint density at radius 1 is 0.317 bits per heavy atom. The second-order valence-electron chi connectivity index (χ2n) is 14.8. The van der Waals surface area contributed by atoms with E-state index in [0.29, 0.717) is 23.1 Å². The van der Waals surface area contributed by atoms with Gasteiger partial charge in [0.1, 0.15) is 5.58 Å². The second-order valence-corrected chi connectivity index (χ2v) is 14.8. The molecule has 11 aromatic rings. The average Bonchev–Trinajstić information content (AvgIpc) is 3.71. The molecule has 0 N–H and O–H groups in total. The molecule has 0 aliphatic rings. The standard InChI is InChI=1S/C55H36N4O/c1-5-16-37(17-6-1)39-28-32-44(33-29-39)59(45-34-30-40(31-35-45)38-18-7-2-8-19-38)50-46-25-14-13-24-43(46)36-49-47-26-15-27-48(51(47)60-52(49)50)55-57-53(41-20-9-3-10-21-41)56-54(58-55)42-22-11-4-12-23-42/h1-36H. The van der Waals surface area contributed by atoms with E-state index < -0.39 is 0 Å². The molecule has 0 spiro atoms. The van der Waals surface area contributed by atoms with Gasteiger partial charge in [0, 0.05) is 38.7 Å². The maximum atomic E-state index is 7.24. The summed E-state index contributed by atoms with van der Waals surface area (Å²) in [6.07, 6.45) is 0. The molecule has 9 aromatic carbocycles. The Bertz CT molecular complexity index is 3140. The number of hydrogen-bond donors (Lipinski definition) is 0. The number of furan rings is 1. The van der Waals surface area contributed by atoms with Crippen LogP contribution in [0, 0.1) is 0 Å². The number of nitrogens with zero attached hydrogens (tertiary/aromatic N) is 4. The first kappa shape index (κ1) is 35.0. The summed E-state index contributed by atoms with van der Waals surface area (Å²) in [5.41, 5.74) is 11.7. The molecule has 0 aliphatic carbocycles. The van der Waals surface area contributed by atoms with Crippen molar-refractivity contribution in [2.24, 2.45) is 0 Å². The third-order valence-corrected chi connectivity index (χ3v) is 11.1. The van der Waals surface area contributed by atoms with Crippen LogP contribution < -0.4 is 4.90 Å². The van der Waals surface area contributed by atoms with Gasteiger partial charge in [0.2, 0.25) is 0 Å². The van der Waals surface area contributed by atoms with Crippen molar-refractivity contribution in [2.75, 3.05) is 4.90 Å². The Kier molecular flexibility index (Phi) is 8.75. The van der Waals surface area contributed by atoms with Crippen LogP contribution in [-0.2, 0) is 0 Å². The Morgan fingerprint density at radius 3 is 1.28 bits per heavy atom. The van der Waals surface area contributed by atoms with Crippen LogP contribution in [0.3, 0.4) is 0 Å². The van der Waals surface area contributed by atoms with Crippen LogP contribution in [0.4, 0.5) is 17.1 Å². The minimum atomic E-state index is 0.545. The predicted molar refractivity (Wildman–Crippen MR) is 246 cm³/mol. The molecule has 0 bridgehead atoms. The van der Waals surface area contributed by atoms with Crippen molar-refractivity contribution in [1.82, 2.24) is 15.0 Å². The number of hydrogen-bond acceptors (Lipinski definition) is 5. The van der Waals surface area contributed by atoms with E-state index in [9.17, 15) is 0 Å². The highest BCUT2D eigenvalue weighted by Crippen LogP contribution is 2.48. The molecular weight excluding hydrogens is 733 g/mol. The molecule has 0 saturated carbocycles. The molecule has 0 aliphatic heterocycles. The Morgan fingerprint density at radius 2 is 0.750 bits per heavy atom. The number of anilines is 3. The molecule has 0 atom stereocenters. The van der Waals surface area contributed by atoms with Crippen molar-refractivity contribution in [3.8, 4) is 56.4 Å². The predicted octanol–water partition coefficient (Wildman–Crippen LogP) is 14.7. The largest absolute Gasteiger partial charge is 0.453 e. The molecule has 0 unspecified atom stereocenters. The number of benzene rings is 9. The molecule has 5 nitrogen and oxygen atoms in total. The molecule has 2 aromatic heterocycles. The van der Waals surface area contributed by atoms with E-state index >= 15 is 0 Å². The summed E-state index contributed by atoms with van der Waals surface area (Å²) in [4.78, 5) is 17.5. The van der Waals surface area contributed by atoms with Crippen molar-refractivity contribution >= 4 is 49.8 Å². The highest BCUT2D eigenvalue weighted by atomic mass is 16.3. The fourth-order valence-corrected chi connectivity index (χ4v) is 8.18. The molecule has 11 rings (SSSR count). The lowest BCUT2D eigenvalue weighted by Gasteiger charge is -2.27. The molecule has 5 heteroatoms. The van der Waals surface area contributed by atoms with Crippen molar-refractivity contribution in [3.63, 3.8) is 0 Å². The molecule has 60 heavy (non-hydrogen) atoms. The Labute approximate surface area is 347 Å². The van der Waals surface area contributed by atoms with Gasteiger partial charge in [-0.25, -0.2) is 15.0 Å². The molecule has 0 saturated heterocycles. The highest BCUT2D eigenvalue weighted by molar-refractivity contribution is 6.20. The van der Waals surface area contributed by atoms with Gasteiger partial charge in [-0.3, -0.25) is 0 Å². The first-order chi connectivity index (χ1) is 29.7. The summed E-state index contributed by atoms with van der Waals surface area (Å²) < 4.78 is 7.24. The fraction of sp³-hybridized carbons (Fsp3) is 0. The number of para-hydroxylation sites is 1. The van der Waals surface area contributed by atoms with Gasteiger partial charge >= 0.3 is 0 Å². The van der Waals surface area contributed by atoms with Crippen LogP contribution in [0.1, 0.15) is 0 Å². The first-order valence-electron chi connectivity index (χ1n) is 20.1. The molecular formula is C55H36N4O. The van der Waals surface area contributed by atoms with E-state index in [1.165, 1.54) is 11.1 Å². The summed E-state index contributed by atoms with van der Waals surface area (Å²) in [5, 5.41) is 4.17. The average molecular weight is 769 g/mol. The van der Waals surface area contributed by atoms with Crippen molar-refractivity contribution in [1.29, 1.82) is 0 Å². The van der Waals surface area contributed by atoms with E-state index in [2.05, 4.69) is 157 Å². The van der Waals surface area contributed by atoms with Gasteiger partial charge < -0.3 is 9.32 Å². The molecule has 0 radical (unpaired) electrons. The van der Waals surface area contributed by atoms with Crippen LogP contribution in [0.25, 0.3) is 89.1 Å². The van der Waals surface area contributed by atoms with Gasteiger partial charge in [-0.2, -0.15) is 0 Å². The van der Waals surface area contributed by atoms with E-state index in [-0.39, 0.29) is 0 Å². The second kappa shape index (κ2) is 15.0. The van der Waals surface area contributed by atoms with Crippen molar-refractivity contribution in [2.45, 2.75) is 0 Å². The van der Waals surface area contributed by atoms with Gasteiger partial charge in [-0.05, 0) is 64.0 Å². The molecule has 0 amide bonds. The maximum absolute atomic E-state index is 7.24. The zero-order valence-corrected chi connectivity index (χ0v) is 32.5. The van der Waals surface area contributed by atoms with Crippen LogP contribution in [-0.4, -0.2) is 15.0 Å². The minimum Gasteiger partial charge on any atom is -0.453 e. The molecule has 2 heterocycles. The summed E-state index contributed by atoms with van der Waals surface area (Å²) in [7, 11) is 0.